The molecule has 1 aliphatic rings. The zero-order chi connectivity index (χ0) is 20.1. The number of phenolic OH excluding ortho intramolecular Hbond substituents is 1. The predicted octanol–water partition coefficient (Wildman–Crippen LogP) is 2.19. The zero-order valence-electron chi connectivity index (χ0n) is 15.2. The van der Waals surface area contributed by atoms with Crippen molar-refractivity contribution in [1.82, 2.24) is 10.3 Å². The first kappa shape index (κ1) is 20.1. The molecule has 148 valence electrons. The Morgan fingerprint density at radius 2 is 1.96 bits per heavy atom. The number of nitrogens with one attached hydrogen (secondary N) is 2. The number of aromatic nitrogens is 1. The number of nitrogens with zero attached hydrogens (tertiary/aromatic N) is 1. The van der Waals surface area contributed by atoms with Crippen molar-refractivity contribution in [3.8, 4) is 5.75 Å². The van der Waals surface area contributed by atoms with Crippen molar-refractivity contribution in [3.05, 3.63) is 52.8 Å². The van der Waals surface area contributed by atoms with Gasteiger partial charge in [0.2, 0.25) is 11.8 Å². The number of carbonyl (C=O) groups excluding carboxylic acids is 2. The van der Waals surface area contributed by atoms with E-state index in [1.54, 1.807) is 18.2 Å². The Morgan fingerprint density at radius 1 is 1.14 bits per heavy atom. The van der Waals surface area contributed by atoms with Gasteiger partial charge in [-0.2, -0.15) is 0 Å². The number of aliphatic hydroxyl groups excluding tert-OH is 1. The van der Waals surface area contributed by atoms with Crippen LogP contribution in [0.4, 0.5) is 5.69 Å². The van der Waals surface area contributed by atoms with E-state index in [1.807, 2.05) is 0 Å². The molecular weight excluding hydrogens is 382 g/mol. The molecule has 1 fully saturated rings. The smallest absolute Gasteiger partial charge is 0.228 e. The number of aromatic hydroxyl groups is 1. The molecular formula is C20H22ClN3O4. The molecule has 7 nitrogen and oxygen atoms in total. The molecule has 0 radical (unpaired) electrons. The van der Waals surface area contributed by atoms with E-state index >= 15 is 0 Å². The summed E-state index contributed by atoms with van der Waals surface area (Å²) in [4.78, 5) is 28.6. The van der Waals surface area contributed by atoms with Gasteiger partial charge in [0, 0.05) is 22.5 Å². The van der Waals surface area contributed by atoms with Crippen LogP contribution in [0, 0.1) is 0 Å². The standard InChI is InChI=1S/C20H22ClN3O4/c21-13-4-5-17(25)12(8-13)9-19(27)23-14-6-7-22-15(10-14)11-20(28)24-16-2-1-3-18(16)26/h4-8,10,16,18,25-26H,1-3,9,11H2,(H,24,28)(H,22,23,27)/t16-,18-/m0/s1. The van der Waals surface area contributed by atoms with Gasteiger partial charge in [-0.25, -0.2) is 0 Å². The molecule has 3 rings (SSSR count). The van der Waals surface area contributed by atoms with Gasteiger partial charge >= 0.3 is 0 Å². The molecule has 28 heavy (non-hydrogen) atoms. The first-order valence-electron chi connectivity index (χ1n) is 9.10. The fourth-order valence-corrected chi connectivity index (χ4v) is 3.45. The summed E-state index contributed by atoms with van der Waals surface area (Å²) in [5.74, 6) is -0.542. The van der Waals surface area contributed by atoms with Crippen LogP contribution in [0.25, 0.3) is 0 Å². The molecule has 1 aromatic heterocycles. The zero-order valence-corrected chi connectivity index (χ0v) is 15.9. The number of anilines is 1. The van der Waals surface area contributed by atoms with Crippen molar-refractivity contribution >= 4 is 29.1 Å². The molecule has 2 amide bonds. The largest absolute Gasteiger partial charge is 0.508 e. The Kier molecular flexibility index (Phi) is 6.49. The lowest BCUT2D eigenvalue weighted by molar-refractivity contribution is -0.121. The normalized spacial score (nSPS) is 18.6. The monoisotopic (exact) mass is 403 g/mol. The summed E-state index contributed by atoms with van der Waals surface area (Å²) in [6, 6.07) is 7.56. The van der Waals surface area contributed by atoms with Crippen molar-refractivity contribution in [3.63, 3.8) is 0 Å². The molecule has 2 aromatic rings. The Hall–Kier alpha value is -2.64. The molecule has 0 spiro atoms. The SMILES string of the molecule is O=C(Cc1cc(Cl)ccc1O)Nc1ccnc(CC(=O)N[C@H]2CCC[C@@H]2O)c1. The van der Waals surface area contributed by atoms with Crippen molar-refractivity contribution in [2.24, 2.45) is 0 Å². The number of benzene rings is 1. The van der Waals surface area contributed by atoms with Crippen LogP contribution >= 0.6 is 11.6 Å². The fourth-order valence-electron chi connectivity index (χ4n) is 3.26. The lowest BCUT2D eigenvalue weighted by Crippen LogP contribution is -2.40. The third kappa shape index (κ3) is 5.43. The summed E-state index contributed by atoms with van der Waals surface area (Å²) in [6.07, 6.45) is 3.41. The molecule has 4 N–H and O–H groups in total. The number of hydrogen-bond donors (Lipinski definition) is 4. The van der Waals surface area contributed by atoms with Gasteiger partial charge in [-0.1, -0.05) is 11.6 Å². The van der Waals surface area contributed by atoms with Crippen molar-refractivity contribution in [1.29, 1.82) is 0 Å². The number of pyridine rings is 1. The van der Waals surface area contributed by atoms with Gasteiger partial charge in [0.1, 0.15) is 5.75 Å². The van der Waals surface area contributed by atoms with Crippen LogP contribution in [0.15, 0.2) is 36.5 Å². The lowest BCUT2D eigenvalue weighted by atomic mass is 10.1. The van der Waals surface area contributed by atoms with E-state index in [0.29, 0.717) is 28.4 Å². The summed E-state index contributed by atoms with van der Waals surface area (Å²) < 4.78 is 0. The molecule has 1 heterocycles. The molecule has 1 saturated carbocycles. The third-order valence-electron chi connectivity index (χ3n) is 4.66. The van der Waals surface area contributed by atoms with Crippen molar-refractivity contribution in [2.45, 2.75) is 44.2 Å². The number of aliphatic hydroxyl groups is 1. The predicted molar refractivity (Wildman–Crippen MR) is 105 cm³/mol. The van der Waals surface area contributed by atoms with E-state index in [4.69, 9.17) is 11.6 Å². The minimum absolute atomic E-state index is 0.000684. The molecule has 0 bridgehead atoms. The number of carbonyl (C=O) groups is 2. The van der Waals surface area contributed by atoms with Gasteiger partial charge in [0.25, 0.3) is 0 Å². The van der Waals surface area contributed by atoms with Gasteiger partial charge in [-0.15, -0.1) is 0 Å². The van der Waals surface area contributed by atoms with E-state index in [1.165, 1.54) is 18.3 Å². The summed E-state index contributed by atoms with van der Waals surface area (Å²) >= 11 is 5.89. The van der Waals surface area contributed by atoms with Crippen LogP contribution in [0.3, 0.4) is 0 Å². The maximum absolute atomic E-state index is 12.3. The molecule has 1 aromatic carbocycles. The molecule has 1 aliphatic carbocycles. The van der Waals surface area contributed by atoms with Crippen LogP contribution in [0.2, 0.25) is 5.02 Å². The van der Waals surface area contributed by atoms with E-state index < -0.39 is 6.10 Å². The van der Waals surface area contributed by atoms with Gasteiger partial charge in [-0.3, -0.25) is 14.6 Å². The number of hydrogen-bond acceptors (Lipinski definition) is 5. The quantitative estimate of drug-likeness (QED) is 0.590. The summed E-state index contributed by atoms with van der Waals surface area (Å²) in [5.41, 5.74) is 1.44. The van der Waals surface area contributed by atoms with Crippen molar-refractivity contribution in [2.75, 3.05) is 5.32 Å². The van der Waals surface area contributed by atoms with E-state index in [2.05, 4.69) is 15.6 Å². The highest BCUT2D eigenvalue weighted by Crippen LogP contribution is 2.22. The second-order valence-corrected chi connectivity index (χ2v) is 7.32. The summed E-state index contributed by atoms with van der Waals surface area (Å²) in [6.45, 7) is 0. The van der Waals surface area contributed by atoms with Crippen LogP contribution in [-0.4, -0.2) is 39.2 Å². The second-order valence-electron chi connectivity index (χ2n) is 6.88. The molecule has 0 unspecified atom stereocenters. The maximum atomic E-state index is 12.3. The molecule has 0 saturated heterocycles. The number of amides is 2. The third-order valence-corrected chi connectivity index (χ3v) is 4.90. The van der Waals surface area contributed by atoms with E-state index in [0.717, 1.165) is 12.8 Å². The average molecular weight is 404 g/mol. The maximum Gasteiger partial charge on any atom is 0.228 e. The van der Waals surface area contributed by atoms with Gasteiger partial charge in [-0.05, 0) is 49.6 Å². The van der Waals surface area contributed by atoms with E-state index in [-0.39, 0.29) is 36.4 Å². The minimum atomic E-state index is -0.495. The lowest BCUT2D eigenvalue weighted by Gasteiger charge is -2.16. The molecule has 8 heteroatoms. The second kappa shape index (κ2) is 9.03. The number of phenols is 1. The Morgan fingerprint density at radius 3 is 2.71 bits per heavy atom. The molecule has 2 atom stereocenters. The number of halogens is 1. The van der Waals surface area contributed by atoms with Gasteiger partial charge in [0.15, 0.2) is 0 Å². The van der Waals surface area contributed by atoms with Crippen LogP contribution in [0.5, 0.6) is 5.75 Å². The first-order valence-corrected chi connectivity index (χ1v) is 9.48. The van der Waals surface area contributed by atoms with Crippen LogP contribution in [0.1, 0.15) is 30.5 Å². The fraction of sp³-hybridized carbons (Fsp3) is 0.350. The Labute approximate surface area is 167 Å². The molecule has 0 aliphatic heterocycles. The van der Waals surface area contributed by atoms with Gasteiger partial charge in [0.05, 0.1) is 30.7 Å². The van der Waals surface area contributed by atoms with Crippen LogP contribution < -0.4 is 10.6 Å². The Bertz CT molecular complexity index is 874. The topological polar surface area (TPSA) is 112 Å². The number of rotatable bonds is 6. The Balaban J connectivity index is 1.57. The van der Waals surface area contributed by atoms with E-state index in [9.17, 15) is 19.8 Å². The summed E-state index contributed by atoms with van der Waals surface area (Å²) in [5, 5.41) is 25.6. The highest BCUT2D eigenvalue weighted by molar-refractivity contribution is 6.30. The van der Waals surface area contributed by atoms with Crippen LogP contribution in [-0.2, 0) is 22.4 Å². The highest BCUT2D eigenvalue weighted by atomic mass is 35.5. The minimum Gasteiger partial charge on any atom is -0.508 e. The summed E-state index contributed by atoms with van der Waals surface area (Å²) in [7, 11) is 0. The first-order chi connectivity index (χ1) is 13.4. The average Bonchev–Trinajstić information content (AvgIpc) is 3.03. The van der Waals surface area contributed by atoms with Gasteiger partial charge < -0.3 is 20.8 Å². The highest BCUT2D eigenvalue weighted by Gasteiger charge is 2.26. The van der Waals surface area contributed by atoms with Crippen molar-refractivity contribution < 1.29 is 19.8 Å².